The fourth-order valence-corrected chi connectivity index (χ4v) is 2.07. The average molecular weight is 227 g/mol. The van der Waals surface area contributed by atoms with Crippen molar-refractivity contribution in [2.75, 3.05) is 5.32 Å². The molecule has 1 fully saturated rings. The summed E-state index contributed by atoms with van der Waals surface area (Å²) in [6, 6.07) is 9.08. The van der Waals surface area contributed by atoms with Gasteiger partial charge in [0.1, 0.15) is 0 Å². The van der Waals surface area contributed by atoms with Crippen LogP contribution < -0.4 is 11.1 Å². The number of anilines is 1. The molecule has 3 rings (SSSR count). The van der Waals surface area contributed by atoms with Crippen LogP contribution >= 0.6 is 0 Å². The minimum atomic E-state index is 0.489. The van der Waals surface area contributed by atoms with Gasteiger partial charge in [0.2, 0.25) is 0 Å². The van der Waals surface area contributed by atoms with Gasteiger partial charge in [0.05, 0.1) is 11.2 Å². The van der Waals surface area contributed by atoms with Crippen LogP contribution in [0.4, 0.5) is 5.69 Å². The molecule has 3 N–H and O–H groups in total. The molecule has 2 aromatic rings. The molecule has 1 heterocycles. The minimum absolute atomic E-state index is 0.489. The molecule has 3 nitrogen and oxygen atoms in total. The molecule has 0 spiro atoms. The lowest BCUT2D eigenvalue weighted by atomic mass is 10.1. The van der Waals surface area contributed by atoms with E-state index in [-0.39, 0.29) is 0 Å². The van der Waals surface area contributed by atoms with E-state index in [1.54, 1.807) is 0 Å². The molecule has 0 bridgehead atoms. The third kappa shape index (κ3) is 2.11. The van der Waals surface area contributed by atoms with Crippen molar-refractivity contribution in [1.29, 1.82) is 0 Å². The normalized spacial score (nSPS) is 15.2. The lowest BCUT2D eigenvalue weighted by Crippen LogP contribution is -2.06. The number of rotatable bonds is 3. The van der Waals surface area contributed by atoms with Gasteiger partial charge in [-0.05, 0) is 38.0 Å². The van der Waals surface area contributed by atoms with Crippen molar-refractivity contribution in [3.05, 3.63) is 35.5 Å². The summed E-state index contributed by atoms with van der Waals surface area (Å²) in [6.45, 7) is 2.60. The first-order valence-electron chi connectivity index (χ1n) is 6.13. The van der Waals surface area contributed by atoms with Crippen LogP contribution in [-0.4, -0.2) is 11.0 Å². The Morgan fingerprint density at radius 2 is 2.18 bits per heavy atom. The summed E-state index contributed by atoms with van der Waals surface area (Å²) >= 11 is 0. The second-order valence-corrected chi connectivity index (χ2v) is 4.80. The van der Waals surface area contributed by atoms with Gasteiger partial charge in [-0.1, -0.05) is 11.6 Å². The Morgan fingerprint density at radius 3 is 2.88 bits per heavy atom. The SMILES string of the molecule is Cc1ccc2nc(CN)cc(NC3CC3)c2c1. The number of nitrogens with one attached hydrogen (secondary N) is 1. The monoisotopic (exact) mass is 227 g/mol. The quantitative estimate of drug-likeness (QED) is 0.847. The fourth-order valence-electron chi connectivity index (χ4n) is 2.07. The summed E-state index contributed by atoms with van der Waals surface area (Å²) in [4.78, 5) is 4.56. The fraction of sp³-hybridized carbons (Fsp3) is 0.357. The van der Waals surface area contributed by atoms with E-state index in [0.29, 0.717) is 12.6 Å². The summed E-state index contributed by atoms with van der Waals surface area (Å²) in [6.07, 6.45) is 2.54. The van der Waals surface area contributed by atoms with Crippen LogP contribution in [0.5, 0.6) is 0 Å². The van der Waals surface area contributed by atoms with Crippen LogP contribution in [0.1, 0.15) is 24.1 Å². The van der Waals surface area contributed by atoms with Gasteiger partial charge in [0.15, 0.2) is 0 Å². The van der Waals surface area contributed by atoms with Gasteiger partial charge >= 0.3 is 0 Å². The van der Waals surface area contributed by atoms with Crippen molar-refractivity contribution in [3.63, 3.8) is 0 Å². The highest BCUT2D eigenvalue weighted by molar-refractivity contribution is 5.92. The Morgan fingerprint density at radius 1 is 1.35 bits per heavy atom. The molecule has 3 heteroatoms. The molecule has 0 radical (unpaired) electrons. The van der Waals surface area contributed by atoms with Gasteiger partial charge in [-0.15, -0.1) is 0 Å². The van der Waals surface area contributed by atoms with Gasteiger partial charge in [0.25, 0.3) is 0 Å². The topological polar surface area (TPSA) is 50.9 Å². The summed E-state index contributed by atoms with van der Waals surface area (Å²) < 4.78 is 0. The van der Waals surface area contributed by atoms with E-state index in [1.807, 2.05) is 0 Å². The molecule has 0 unspecified atom stereocenters. The zero-order valence-electron chi connectivity index (χ0n) is 10.0. The molecular formula is C14H17N3. The second kappa shape index (κ2) is 4.00. The molecule has 1 aromatic heterocycles. The maximum atomic E-state index is 5.70. The van der Waals surface area contributed by atoms with Crippen LogP contribution in [0.25, 0.3) is 10.9 Å². The Bertz CT molecular complexity index is 559. The van der Waals surface area contributed by atoms with Crippen molar-refractivity contribution >= 4 is 16.6 Å². The molecule has 0 saturated heterocycles. The summed E-state index contributed by atoms with van der Waals surface area (Å²) in [5.74, 6) is 0. The molecule has 1 aliphatic carbocycles. The van der Waals surface area contributed by atoms with Crippen LogP contribution in [0, 0.1) is 6.92 Å². The van der Waals surface area contributed by atoms with Crippen LogP contribution in [0.2, 0.25) is 0 Å². The van der Waals surface area contributed by atoms with Crippen molar-refractivity contribution in [2.24, 2.45) is 5.73 Å². The van der Waals surface area contributed by atoms with Crippen molar-refractivity contribution in [3.8, 4) is 0 Å². The first-order valence-corrected chi connectivity index (χ1v) is 6.13. The predicted molar refractivity (Wildman–Crippen MR) is 71.0 cm³/mol. The highest BCUT2D eigenvalue weighted by Gasteiger charge is 2.21. The second-order valence-electron chi connectivity index (χ2n) is 4.80. The third-order valence-electron chi connectivity index (χ3n) is 3.16. The molecule has 0 atom stereocenters. The minimum Gasteiger partial charge on any atom is -0.382 e. The Labute approximate surface area is 101 Å². The van der Waals surface area contributed by atoms with Crippen LogP contribution in [0.3, 0.4) is 0 Å². The lowest BCUT2D eigenvalue weighted by molar-refractivity contribution is 1.00. The Kier molecular flexibility index (Phi) is 2.48. The number of pyridine rings is 1. The van der Waals surface area contributed by atoms with E-state index in [1.165, 1.54) is 29.5 Å². The van der Waals surface area contributed by atoms with Crippen LogP contribution in [-0.2, 0) is 6.54 Å². The van der Waals surface area contributed by atoms with Crippen molar-refractivity contribution in [2.45, 2.75) is 32.4 Å². The molecule has 17 heavy (non-hydrogen) atoms. The smallest absolute Gasteiger partial charge is 0.0726 e. The van der Waals surface area contributed by atoms with E-state index in [0.717, 1.165) is 11.2 Å². The lowest BCUT2D eigenvalue weighted by Gasteiger charge is -2.11. The molecular weight excluding hydrogens is 210 g/mol. The molecule has 0 amide bonds. The van der Waals surface area contributed by atoms with Crippen molar-refractivity contribution in [1.82, 2.24) is 4.98 Å². The van der Waals surface area contributed by atoms with Gasteiger partial charge in [-0.25, -0.2) is 0 Å². The van der Waals surface area contributed by atoms with Gasteiger partial charge in [0, 0.05) is 23.7 Å². The molecule has 88 valence electrons. The number of aromatic nitrogens is 1. The summed E-state index contributed by atoms with van der Waals surface area (Å²) in [7, 11) is 0. The van der Waals surface area contributed by atoms with Crippen LogP contribution in [0.15, 0.2) is 24.3 Å². The Hall–Kier alpha value is -1.61. The average Bonchev–Trinajstić information content (AvgIpc) is 3.13. The first-order chi connectivity index (χ1) is 8.26. The summed E-state index contributed by atoms with van der Waals surface area (Å²) in [5.41, 5.74) is 10.1. The van der Waals surface area contributed by atoms with Gasteiger partial charge < -0.3 is 11.1 Å². The molecule has 0 aliphatic heterocycles. The number of aryl methyl sites for hydroxylation is 1. The largest absolute Gasteiger partial charge is 0.382 e. The number of benzene rings is 1. The first kappa shape index (κ1) is 10.5. The highest BCUT2D eigenvalue weighted by Crippen LogP contribution is 2.30. The number of nitrogens with two attached hydrogens (primary N) is 1. The number of fused-ring (bicyclic) bond motifs is 1. The predicted octanol–water partition coefficient (Wildman–Crippen LogP) is 2.58. The third-order valence-corrected chi connectivity index (χ3v) is 3.16. The van der Waals surface area contributed by atoms with E-state index < -0.39 is 0 Å². The molecule has 1 aliphatic rings. The number of hydrogen-bond acceptors (Lipinski definition) is 3. The maximum Gasteiger partial charge on any atom is 0.0726 e. The van der Waals surface area contributed by atoms with Gasteiger partial charge in [-0.3, -0.25) is 4.98 Å². The van der Waals surface area contributed by atoms with Gasteiger partial charge in [-0.2, -0.15) is 0 Å². The Balaban J connectivity index is 2.16. The standard InChI is InChI=1S/C14H17N3/c1-9-2-5-13-12(6-9)14(16-10-3-4-10)7-11(8-15)17-13/h2,5-7,10H,3-4,8,15H2,1H3,(H,16,17). The zero-order valence-corrected chi connectivity index (χ0v) is 10.0. The number of nitrogens with zero attached hydrogens (tertiary/aromatic N) is 1. The van der Waals surface area contributed by atoms with E-state index in [9.17, 15) is 0 Å². The molecule has 1 saturated carbocycles. The van der Waals surface area contributed by atoms with E-state index in [4.69, 9.17) is 5.73 Å². The molecule has 1 aromatic carbocycles. The highest BCUT2D eigenvalue weighted by atomic mass is 15.0. The maximum absolute atomic E-state index is 5.70. The van der Waals surface area contributed by atoms with Crippen molar-refractivity contribution < 1.29 is 0 Å². The zero-order chi connectivity index (χ0) is 11.8. The van der Waals surface area contributed by atoms with E-state index >= 15 is 0 Å². The van der Waals surface area contributed by atoms with E-state index in [2.05, 4.69) is 41.5 Å². The summed E-state index contributed by atoms with van der Waals surface area (Å²) in [5, 5.41) is 4.77. The number of hydrogen-bond donors (Lipinski definition) is 2.